The molecule has 1 saturated heterocycles. The maximum Gasteiger partial charge on any atom is 0.247 e. The minimum Gasteiger partial charge on any atom is -0.496 e. The smallest absolute Gasteiger partial charge is 0.247 e. The second kappa shape index (κ2) is 8.71. The predicted molar refractivity (Wildman–Crippen MR) is 125 cm³/mol. The van der Waals surface area contributed by atoms with Crippen LogP contribution in [0.25, 0.3) is 28.3 Å². The van der Waals surface area contributed by atoms with Crippen LogP contribution in [0.1, 0.15) is 30.3 Å². The van der Waals surface area contributed by atoms with Gasteiger partial charge in [-0.05, 0) is 48.2 Å². The highest BCUT2D eigenvalue weighted by Gasteiger charge is 2.32. The average Bonchev–Trinajstić information content (AvgIpc) is 3.49. The van der Waals surface area contributed by atoms with Crippen LogP contribution in [0.2, 0.25) is 0 Å². The van der Waals surface area contributed by atoms with E-state index in [0.717, 1.165) is 46.4 Å². The first-order valence-corrected chi connectivity index (χ1v) is 10.8. The van der Waals surface area contributed by atoms with E-state index >= 15 is 0 Å². The topological polar surface area (TPSA) is 55.6 Å². The number of carbonyl (C=O) groups excluding carboxylic acids is 1. The summed E-state index contributed by atoms with van der Waals surface area (Å²) in [5, 5.41) is 0. The van der Waals surface area contributed by atoms with Gasteiger partial charge in [-0.3, -0.25) is 4.79 Å². The molecule has 0 aliphatic carbocycles. The fraction of sp³-hybridized carbons (Fsp3) is 0.185. The standard InChI is InChI=1S/C27H24N2O3/c1-31-24-12-6-5-10-21(24)20-14-15-25-22(18-20)28-27(32-25)23-11-7-17-29(23)26(30)16-13-19-8-3-2-4-9-19/h2-6,8-10,12-16,18,23H,7,11,17H2,1H3/b16-13+/t23-/m1/s1. The Hall–Kier alpha value is -3.86. The van der Waals surface area contributed by atoms with Gasteiger partial charge in [-0.25, -0.2) is 4.98 Å². The van der Waals surface area contributed by atoms with Crippen molar-refractivity contribution < 1.29 is 13.9 Å². The number of oxazole rings is 1. The molecule has 0 N–H and O–H groups in total. The van der Waals surface area contributed by atoms with Crippen molar-refractivity contribution >= 4 is 23.1 Å². The molecule has 0 saturated carbocycles. The monoisotopic (exact) mass is 424 g/mol. The third-order valence-electron chi connectivity index (χ3n) is 5.86. The van der Waals surface area contributed by atoms with E-state index in [0.29, 0.717) is 12.4 Å². The Kier molecular flexibility index (Phi) is 5.46. The number of amides is 1. The number of nitrogens with zero attached hydrogens (tertiary/aromatic N) is 2. The van der Waals surface area contributed by atoms with E-state index in [1.807, 2.05) is 83.8 Å². The molecule has 3 aromatic carbocycles. The second-order valence-corrected chi connectivity index (χ2v) is 7.87. The van der Waals surface area contributed by atoms with E-state index in [9.17, 15) is 4.79 Å². The van der Waals surface area contributed by atoms with Crippen molar-refractivity contribution in [2.24, 2.45) is 0 Å². The lowest BCUT2D eigenvalue weighted by atomic mass is 10.0. The Bertz CT molecular complexity index is 1280. The molecule has 0 unspecified atom stereocenters. The normalized spacial score (nSPS) is 16.2. The molecule has 5 nitrogen and oxygen atoms in total. The number of fused-ring (bicyclic) bond motifs is 1. The molecule has 1 atom stereocenters. The van der Waals surface area contributed by atoms with Crippen LogP contribution in [0, 0.1) is 0 Å². The van der Waals surface area contributed by atoms with Gasteiger partial charge in [-0.1, -0.05) is 54.6 Å². The zero-order valence-corrected chi connectivity index (χ0v) is 17.9. The molecule has 1 aliphatic rings. The Morgan fingerprint density at radius 1 is 1.09 bits per heavy atom. The third-order valence-corrected chi connectivity index (χ3v) is 5.86. The number of aromatic nitrogens is 1. The van der Waals surface area contributed by atoms with Crippen molar-refractivity contribution in [3.63, 3.8) is 0 Å². The van der Waals surface area contributed by atoms with Crippen molar-refractivity contribution in [2.75, 3.05) is 13.7 Å². The maximum absolute atomic E-state index is 12.9. The molecule has 32 heavy (non-hydrogen) atoms. The van der Waals surface area contributed by atoms with Crippen LogP contribution < -0.4 is 4.74 Å². The minimum atomic E-state index is -0.148. The van der Waals surface area contributed by atoms with E-state index in [1.165, 1.54) is 0 Å². The lowest BCUT2D eigenvalue weighted by molar-refractivity contribution is -0.127. The lowest BCUT2D eigenvalue weighted by Crippen LogP contribution is -2.29. The van der Waals surface area contributed by atoms with Gasteiger partial charge in [0.15, 0.2) is 5.58 Å². The quantitative estimate of drug-likeness (QED) is 0.375. The van der Waals surface area contributed by atoms with Crippen molar-refractivity contribution in [3.8, 4) is 16.9 Å². The molecule has 2 heterocycles. The first-order valence-electron chi connectivity index (χ1n) is 10.8. The summed E-state index contributed by atoms with van der Waals surface area (Å²) in [7, 11) is 1.67. The van der Waals surface area contributed by atoms with Gasteiger partial charge in [-0.2, -0.15) is 0 Å². The van der Waals surface area contributed by atoms with Gasteiger partial charge < -0.3 is 14.1 Å². The van der Waals surface area contributed by atoms with Crippen LogP contribution in [0.3, 0.4) is 0 Å². The largest absolute Gasteiger partial charge is 0.496 e. The van der Waals surface area contributed by atoms with E-state index in [1.54, 1.807) is 13.2 Å². The zero-order valence-electron chi connectivity index (χ0n) is 17.9. The molecule has 5 rings (SSSR count). The molecule has 1 aliphatic heterocycles. The molecule has 1 amide bonds. The fourth-order valence-electron chi connectivity index (χ4n) is 4.25. The molecule has 0 bridgehead atoms. The first-order chi connectivity index (χ1) is 15.7. The van der Waals surface area contributed by atoms with Crippen LogP contribution in [0.15, 0.2) is 83.3 Å². The number of likely N-dealkylation sites (tertiary alicyclic amines) is 1. The van der Waals surface area contributed by atoms with Crippen LogP contribution in [-0.2, 0) is 4.79 Å². The Morgan fingerprint density at radius 3 is 2.75 bits per heavy atom. The number of para-hydroxylation sites is 1. The molecule has 0 radical (unpaired) electrons. The number of benzene rings is 3. The summed E-state index contributed by atoms with van der Waals surface area (Å²) < 4.78 is 11.6. The Labute approximate surface area is 187 Å². The van der Waals surface area contributed by atoms with Gasteiger partial charge in [0.2, 0.25) is 11.8 Å². The highest BCUT2D eigenvalue weighted by atomic mass is 16.5. The lowest BCUT2D eigenvalue weighted by Gasteiger charge is -2.20. The maximum atomic E-state index is 12.9. The first kappa shape index (κ1) is 20.1. The van der Waals surface area contributed by atoms with Crippen molar-refractivity contribution in [2.45, 2.75) is 18.9 Å². The molecule has 4 aromatic rings. The van der Waals surface area contributed by atoms with E-state index in [2.05, 4.69) is 0 Å². The van der Waals surface area contributed by atoms with Crippen LogP contribution >= 0.6 is 0 Å². The predicted octanol–water partition coefficient (Wildman–Crippen LogP) is 5.88. The molecule has 160 valence electrons. The van der Waals surface area contributed by atoms with Crippen molar-refractivity contribution in [1.29, 1.82) is 0 Å². The van der Waals surface area contributed by atoms with Gasteiger partial charge in [-0.15, -0.1) is 0 Å². The summed E-state index contributed by atoms with van der Waals surface area (Å²) in [6.07, 6.45) is 5.26. The number of hydrogen-bond donors (Lipinski definition) is 0. The average molecular weight is 425 g/mol. The third kappa shape index (κ3) is 3.89. The summed E-state index contributed by atoms with van der Waals surface area (Å²) >= 11 is 0. The van der Waals surface area contributed by atoms with Gasteiger partial charge in [0.25, 0.3) is 0 Å². The molecule has 5 heteroatoms. The van der Waals surface area contributed by atoms with Crippen LogP contribution in [0.5, 0.6) is 5.75 Å². The molecule has 0 spiro atoms. The van der Waals surface area contributed by atoms with Crippen molar-refractivity contribution in [3.05, 3.63) is 90.3 Å². The summed E-state index contributed by atoms with van der Waals surface area (Å²) in [5.74, 6) is 1.39. The number of methoxy groups -OCH3 is 1. The summed E-state index contributed by atoms with van der Waals surface area (Å²) in [6, 6.07) is 23.5. The summed E-state index contributed by atoms with van der Waals surface area (Å²) in [5.41, 5.74) is 4.52. The number of ether oxygens (including phenoxy) is 1. The van der Waals surface area contributed by atoms with Gasteiger partial charge in [0.05, 0.1) is 7.11 Å². The minimum absolute atomic E-state index is 0.0201. The molecule has 1 fully saturated rings. The Morgan fingerprint density at radius 2 is 1.91 bits per heavy atom. The highest BCUT2D eigenvalue weighted by molar-refractivity contribution is 5.92. The SMILES string of the molecule is COc1ccccc1-c1ccc2oc([C@H]3CCCN3C(=O)/C=C/c3ccccc3)nc2c1. The van der Waals surface area contributed by atoms with Gasteiger partial charge >= 0.3 is 0 Å². The van der Waals surface area contributed by atoms with E-state index < -0.39 is 0 Å². The molecule has 1 aromatic heterocycles. The summed E-state index contributed by atoms with van der Waals surface area (Å²) in [4.78, 5) is 19.5. The molecular formula is C27H24N2O3. The number of carbonyl (C=O) groups is 1. The van der Waals surface area contributed by atoms with E-state index in [4.69, 9.17) is 14.1 Å². The van der Waals surface area contributed by atoms with E-state index in [-0.39, 0.29) is 11.9 Å². The summed E-state index contributed by atoms with van der Waals surface area (Å²) in [6.45, 7) is 0.702. The van der Waals surface area contributed by atoms with Gasteiger partial charge in [0.1, 0.15) is 17.3 Å². The second-order valence-electron chi connectivity index (χ2n) is 7.87. The number of hydrogen-bond acceptors (Lipinski definition) is 4. The van der Waals surface area contributed by atoms with Crippen LogP contribution in [-0.4, -0.2) is 29.4 Å². The zero-order chi connectivity index (χ0) is 21.9. The molecular weight excluding hydrogens is 400 g/mol. The number of rotatable bonds is 5. The highest BCUT2D eigenvalue weighted by Crippen LogP contribution is 2.36. The van der Waals surface area contributed by atoms with Crippen LogP contribution in [0.4, 0.5) is 0 Å². The Balaban J connectivity index is 1.41. The van der Waals surface area contributed by atoms with Gasteiger partial charge in [0, 0.05) is 18.2 Å². The van der Waals surface area contributed by atoms with Crippen molar-refractivity contribution in [1.82, 2.24) is 9.88 Å². The fourth-order valence-corrected chi connectivity index (χ4v) is 4.25.